The fraction of sp³-hybridized carbons (Fsp3) is 0.405. The monoisotopic (exact) mass is 693 g/mol. The zero-order chi connectivity index (χ0) is 34.7. The molecule has 0 saturated carbocycles. The molecule has 0 aliphatic carbocycles. The summed E-state index contributed by atoms with van der Waals surface area (Å²) < 4.78 is 24.6. The van der Waals surface area contributed by atoms with E-state index in [9.17, 15) is 5.26 Å². The Morgan fingerprint density at radius 2 is 1.46 bits per heavy atom. The van der Waals surface area contributed by atoms with Gasteiger partial charge < -0.3 is 18.9 Å². The summed E-state index contributed by atoms with van der Waals surface area (Å²) in [4.78, 5) is 4.90. The standard InChI is InChI=1S/C42H48ClN3O4/c1-31-35(12-7-13-37(31)38-14-8-15-40(32(38)2)48-21-9-18-45-19-22-47-23-20-45)30-50-42-26-41(49-29-34-11-6-10-33(24-34)27-44)36(25-39(42)43)28-46-16-4-3-5-17-46/h6-8,10-15,24-26H,3-5,9,16-23,28-30H2,1-2H3. The van der Waals surface area contributed by atoms with Gasteiger partial charge in [0, 0.05) is 37.8 Å². The van der Waals surface area contributed by atoms with Crippen molar-refractivity contribution >= 4 is 11.6 Å². The van der Waals surface area contributed by atoms with E-state index in [0.717, 1.165) is 109 Å². The first-order chi connectivity index (χ1) is 24.5. The Kier molecular flexibility index (Phi) is 12.7. The van der Waals surface area contributed by atoms with E-state index in [2.05, 4.69) is 66.1 Å². The van der Waals surface area contributed by atoms with E-state index in [0.29, 0.717) is 36.2 Å². The van der Waals surface area contributed by atoms with E-state index < -0.39 is 0 Å². The van der Waals surface area contributed by atoms with Crippen LogP contribution in [0.3, 0.4) is 0 Å². The average Bonchev–Trinajstić information content (AvgIpc) is 3.15. The van der Waals surface area contributed by atoms with Crippen molar-refractivity contribution in [3.63, 3.8) is 0 Å². The molecule has 0 amide bonds. The summed E-state index contributed by atoms with van der Waals surface area (Å²) in [6.07, 6.45) is 4.67. The molecule has 4 aromatic carbocycles. The minimum absolute atomic E-state index is 0.348. The van der Waals surface area contributed by atoms with Crippen molar-refractivity contribution in [3.05, 3.63) is 111 Å². The first-order valence-corrected chi connectivity index (χ1v) is 18.3. The van der Waals surface area contributed by atoms with Gasteiger partial charge in [0.2, 0.25) is 0 Å². The maximum atomic E-state index is 9.36. The molecule has 262 valence electrons. The third kappa shape index (κ3) is 9.38. The second-order valence-corrected chi connectivity index (χ2v) is 13.7. The number of halogens is 1. The van der Waals surface area contributed by atoms with E-state index in [-0.39, 0.29) is 0 Å². The van der Waals surface area contributed by atoms with E-state index in [1.165, 1.54) is 19.3 Å². The van der Waals surface area contributed by atoms with Crippen LogP contribution in [-0.2, 0) is 24.5 Å². The number of nitrogens with zero attached hydrogens (tertiary/aromatic N) is 3. The number of ether oxygens (including phenoxy) is 4. The minimum Gasteiger partial charge on any atom is -0.493 e. The first kappa shape index (κ1) is 35.8. The molecule has 0 atom stereocenters. The van der Waals surface area contributed by atoms with Gasteiger partial charge in [0.25, 0.3) is 0 Å². The summed E-state index contributed by atoms with van der Waals surface area (Å²) >= 11 is 6.89. The lowest BCUT2D eigenvalue weighted by atomic mass is 9.93. The summed E-state index contributed by atoms with van der Waals surface area (Å²) in [5.41, 5.74) is 8.30. The van der Waals surface area contributed by atoms with Crippen LogP contribution in [0.1, 0.15) is 59.1 Å². The van der Waals surface area contributed by atoms with E-state index >= 15 is 0 Å². The third-order valence-corrected chi connectivity index (χ3v) is 10.1. The molecule has 0 unspecified atom stereocenters. The van der Waals surface area contributed by atoms with Crippen molar-refractivity contribution in [1.29, 1.82) is 5.26 Å². The third-order valence-electron chi connectivity index (χ3n) is 9.79. The number of nitriles is 1. The number of benzene rings is 4. The summed E-state index contributed by atoms with van der Waals surface area (Å²) in [6.45, 7) is 13.3. The number of piperidine rings is 1. The van der Waals surface area contributed by atoms with Crippen LogP contribution >= 0.6 is 11.6 Å². The number of likely N-dealkylation sites (tertiary alicyclic amines) is 1. The van der Waals surface area contributed by atoms with Crippen molar-refractivity contribution in [2.24, 2.45) is 0 Å². The first-order valence-electron chi connectivity index (χ1n) is 17.9. The highest BCUT2D eigenvalue weighted by Gasteiger charge is 2.18. The van der Waals surface area contributed by atoms with Gasteiger partial charge in [0.15, 0.2) is 0 Å². The van der Waals surface area contributed by atoms with Crippen molar-refractivity contribution in [2.45, 2.75) is 59.3 Å². The SMILES string of the molecule is Cc1c(COc2cc(OCc3cccc(C#N)c3)c(CN3CCCCC3)cc2Cl)cccc1-c1cccc(OCCCN2CCOCC2)c1C. The Labute approximate surface area is 302 Å². The van der Waals surface area contributed by atoms with Crippen LogP contribution in [0.5, 0.6) is 17.2 Å². The van der Waals surface area contributed by atoms with Crippen molar-refractivity contribution in [3.8, 4) is 34.4 Å². The molecular weight excluding hydrogens is 646 g/mol. The Balaban J connectivity index is 1.16. The molecule has 6 rings (SSSR count). The molecule has 0 spiro atoms. The lowest BCUT2D eigenvalue weighted by Crippen LogP contribution is -2.37. The van der Waals surface area contributed by atoms with Gasteiger partial charge in [-0.2, -0.15) is 5.26 Å². The second kappa shape index (κ2) is 17.7. The van der Waals surface area contributed by atoms with Crippen molar-refractivity contribution < 1.29 is 18.9 Å². The van der Waals surface area contributed by atoms with Crippen LogP contribution in [0.2, 0.25) is 5.02 Å². The largest absolute Gasteiger partial charge is 0.493 e. The molecule has 2 fully saturated rings. The van der Waals surface area contributed by atoms with Crippen LogP contribution < -0.4 is 14.2 Å². The molecule has 2 saturated heterocycles. The van der Waals surface area contributed by atoms with Gasteiger partial charge >= 0.3 is 0 Å². The number of hydrogen-bond donors (Lipinski definition) is 0. The molecule has 0 radical (unpaired) electrons. The number of morpholine rings is 1. The zero-order valence-electron chi connectivity index (χ0n) is 29.4. The van der Waals surface area contributed by atoms with E-state index in [4.69, 9.17) is 30.5 Å². The molecule has 0 aromatic heterocycles. The second-order valence-electron chi connectivity index (χ2n) is 13.3. The van der Waals surface area contributed by atoms with Gasteiger partial charge in [-0.25, -0.2) is 0 Å². The van der Waals surface area contributed by atoms with E-state index in [1.807, 2.05) is 30.3 Å². The topological polar surface area (TPSA) is 67.2 Å². The summed E-state index contributed by atoms with van der Waals surface area (Å²) in [7, 11) is 0. The quantitative estimate of drug-likeness (QED) is 0.122. The highest BCUT2D eigenvalue weighted by atomic mass is 35.5. The van der Waals surface area contributed by atoms with Gasteiger partial charge in [-0.3, -0.25) is 9.80 Å². The smallest absolute Gasteiger partial charge is 0.142 e. The maximum absolute atomic E-state index is 9.36. The minimum atomic E-state index is 0.348. The van der Waals surface area contributed by atoms with Gasteiger partial charge in [-0.1, -0.05) is 60.5 Å². The van der Waals surface area contributed by atoms with Crippen LogP contribution in [0.4, 0.5) is 0 Å². The molecule has 2 aliphatic heterocycles. The normalized spacial score (nSPS) is 15.4. The molecule has 0 N–H and O–H groups in total. The Bertz CT molecular complexity index is 1780. The lowest BCUT2D eigenvalue weighted by Gasteiger charge is -2.27. The summed E-state index contributed by atoms with van der Waals surface area (Å²) in [6, 6.07) is 26.3. The van der Waals surface area contributed by atoms with Gasteiger partial charge in [-0.05, 0) is 104 Å². The predicted octanol–water partition coefficient (Wildman–Crippen LogP) is 8.74. The molecule has 2 heterocycles. The lowest BCUT2D eigenvalue weighted by molar-refractivity contribution is 0.0358. The Morgan fingerprint density at radius 3 is 2.26 bits per heavy atom. The fourth-order valence-corrected chi connectivity index (χ4v) is 7.08. The summed E-state index contributed by atoms with van der Waals surface area (Å²) in [5.74, 6) is 2.26. The predicted molar refractivity (Wildman–Crippen MR) is 199 cm³/mol. The fourth-order valence-electron chi connectivity index (χ4n) is 6.84. The van der Waals surface area contributed by atoms with Gasteiger partial charge in [-0.15, -0.1) is 0 Å². The van der Waals surface area contributed by atoms with Gasteiger partial charge in [0.1, 0.15) is 30.5 Å². The molecule has 50 heavy (non-hydrogen) atoms. The Hall–Kier alpha value is -4.06. The van der Waals surface area contributed by atoms with Crippen LogP contribution in [-0.4, -0.2) is 62.3 Å². The van der Waals surface area contributed by atoms with Gasteiger partial charge in [0.05, 0.1) is 36.5 Å². The number of rotatable bonds is 14. The molecule has 4 aromatic rings. The highest BCUT2D eigenvalue weighted by Crippen LogP contribution is 2.37. The average molecular weight is 694 g/mol. The molecule has 8 heteroatoms. The summed E-state index contributed by atoms with van der Waals surface area (Å²) in [5, 5.41) is 9.93. The van der Waals surface area contributed by atoms with Crippen molar-refractivity contribution in [2.75, 3.05) is 52.5 Å². The molecule has 2 aliphatic rings. The van der Waals surface area contributed by atoms with Crippen LogP contribution in [0, 0.1) is 25.2 Å². The maximum Gasteiger partial charge on any atom is 0.142 e. The highest BCUT2D eigenvalue weighted by molar-refractivity contribution is 6.32. The van der Waals surface area contributed by atoms with E-state index in [1.54, 1.807) is 6.07 Å². The Morgan fingerprint density at radius 1 is 0.720 bits per heavy atom. The molecule has 0 bridgehead atoms. The van der Waals surface area contributed by atoms with Crippen LogP contribution in [0.25, 0.3) is 11.1 Å². The zero-order valence-corrected chi connectivity index (χ0v) is 30.1. The van der Waals surface area contributed by atoms with Crippen LogP contribution in [0.15, 0.2) is 72.8 Å². The molecule has 7 nitrogen and oxygen atoms in total. The number of hydrogen-bond acceptors (Lipinski definition) is 7. The molecular formula is C42H48ClN3O4. The van der Waals surface area contributed by atoms with Crippen molar-refractivity contribution in [1.82, 2.24) is 9.80 Å².